The Morgan fingerprint density at radius 3 is 2.71 bits per heavy atom. The summed E-state index contributed by atoms with van der Waals surface area (Å²) in [4.78, 5) is 23.2. The van der Waals surface area contributed by atoms with E-state index >= 15 is 0 Å². The highest BCUT2D eigenvalue weighted by Crippen LogP contribution is 2.30. The lowest BCUT2D eigenvalue weighted by Crippen LogP contribution is -2.31. The van der Waals surface area contributed by atoms with Crippen molar-refractivity contribution in [2.45, 2.75) is 31.9 Å². The molecule has 0 bridgehead atoms. The number of aromatic carboxylic acids is 1. The molecule has 1 aliphatic rings. The van der Waals surface area contributed by atoms with Crippen molar-refractivity contribution in [3.63, 3.8) is 0 Å². The van der Waals surface area contributed by atoms with Gasteiger partial charge >= 0.3 is 12.1 Å². The molecule has 0 saturated heterocycles. The van der Waals surface area contributed by atoms with Crippen molar-refractivity contribution >= 4 is 12.1 Å². The Balaban J connectivity index is 1.67. The Hall–Kier alpha value is -2.82. The smallest absolute Gasteiger partial charge is 0.407 e. The molecule has 0 heterocycles. The second kappa shape index (κ2) is 7.17. The number of ether oxygens (including phenoxy) is 1. The Morgan fingerprint density at radius 1 is 1.17 bits per heavy atom. The number of alkyl carbamates (subject to hydrolysis) is 1. The fraction of sp³-hybridized carbons (Fsp3) is 0.263. The molecule has 1 atom stereocenters. The van der Waals surface area contributed by atoms with E-state index in [1.54, 1.807) is 12.1 Å². The van der Waals surface area contributed by atoms with Crippen molar-refractivity contribution in [3.8, 4) is 0 Å². The van der Waals surface area contributed by atoms with Crippen LogP contribution in [0, 0.1) is 0 Å². The molecule has 0 saturated carbocycles. The molecule has 0 aliphatic heterocycles. The van der Waals surface area contributed by atoms with Crippen LogP contribution in [0.4, 0.5) is 4.79 Å². The first kappa shape index (κ1) is 16.1. The van der Waals surface area contributed by atoms with E-state index in [0.29, 0.717) is 0 Å². The average Bonchev–Trinajstić information content (AvgIpc) is 2.61. The first-order chi connectivity index (χ1) is 11.6. The van der Waals surface area contributed by atoms with Gasteiger partial charge in [0.2, 0.25) is 0 Å². The molecule has 0 spiro atoms. The summed E-state index contributed by atoms with van der Waals surface area (Å²) >= 11 is 0. The highest BCUT2D eigenvalue weighted by atomic mass is 16.5. The van der Waals surface area contributed by atoms with Gasteiger partial charge in [-0.2, -0.15) is 0 Å². The SMILES string of the molecule is O=C(NC1CCCc2ccc(C(=O)O)cc21)OCc1ccccc1. The predicted octanol–water partition coefficient (Wildman–Crippen LogP) is 3.69. The zero-order chi connectivity index (χ0) is 16.9. The summed E-state index contributed by atoms with van der Waals surface area (Å²) < 4.78 is 5.26. The van der Waals surface area contributed by atoms with Gasteiger partial charge in [0, 0.05) is 0 Å². The van der Waals surface area contributed by atoms with Gasteiger partial charge in [-0.15, -0.1) is 0 Å². The van der Waals surface area contributed by atoms with Crippen LogP contribution < -0.4 is 5.32 Å². The Morgan fingerprint density at radius 2 is 1.96 bits per heavy atom. The number of carbonyl (C=O) groups is 2. The van der Waals surface area contributed by atoms with E-state index in [9.17, 15) is 9.59 Å². The van der Waals surface area contributed by atoms with Crippen LogP contribution in [-0.4, -0.2) is 17.2 Å². The number of hydrogen-bond acceptors (Lipinski definition) is 3. The lowest BCUT2D eigenvalue weighted by atomic mass is 9.86. The summed E-state index contributed by atoms with van der Waals surface area (Å²) in [5.41, 5.74) is 3.11. The van der Waals surface area contributed by atoms with E-state index in [2.05, 4.69) is 5.32 Å². The van der Waals surface area contributed by atoms with Gasteiger partial charge in [0.15, 0.2) is 0 Å². The number of hydrogen-bond donors (Lipinski definition) is 2. The van der Waals surface area contributed by atoms with Gasteiger partial charge in [-0.05, 0) is 48.1 Å². The third kappa shape index (κ3) is 3.74. The maximum atomic E-state index is 12.1. The minimum Gasteiger partial charge on any atom is -0.478 e. The molecule has 0 aromatic heterocycles. The van der Waals surface area contributed by atoms with E-state index in [-0.39, 0.29) is 18.2 Å². The lowest BCUT2D eigenvalue weighted by molar-refractivity contribution is 0.0696. The van der Waals surface area contributed by atoms with Crippen LogP contribution in [0.1, 0.15) is 45.9 Å². The number of carboxylic acid groups (broad SMARTS) is 1. The van der Waals surface area contributed by atoms with Crippen molar-refractivity contribution in [1.82, 2.24) is 5.32 Å². The molecule has 24 heavy (non-hydrogen) atoms. The van der Waals surface area contributed by atoms with E-state index in [1.807, 2.05) is 36.4 Å². The van der Waals surface area contributed by atoms with Crippen LogP contribution >= 0.6 is 0 Å². The monoisotopic (exact) mass is 325 g/mol. The van der Waals surface area contributed by atoms with E-state index in [1.165, 1.54) is 0 Å². The maximum absolute atomic E-state index is 12.1. The third-order valence-electron chi connectivity index (χ3n) is 4.21. The van der Waals surface area contributed by atoms with Crippen LogP contribution in [0.5, 0.6) is 0 Å². The Labute approximate surface area is 140 Å². The molecule has 1 amide bonds. The molecule has 124 valence electrons. The van der Waals surface area contributed by atoms with Gasteiger partial charge in [-0.1, -0.05) is 36.4 Å². The number of amides is 1. The summed E-state index contributed by atoms with van der Waals surface area (Å²) in [6.07, 6.45) is 2.13. The number of carboxylic acids is 1. The number of nitrogens with one attached hydrogen (secondary N) is 1. The zero-order valence-electron chi connectivity index (χ0n) is 13.2. The minimum atomic E-state index is -0.964. The van der Waals surface area contributed by atoms with Crippen molar-refractivity contribution in [3.05, 3.63) is 70.8 Å². The van der Waals surface area contributed by atoms with Gasteiger partial charge in [0.1, 0.15) is 6.61 Å². The van der Waals surface area contributed by atoms with Gasteiger partial charge in [-0.3, -0.25) is 0 Å². The first-order valence-corrected chi connectivity index (χ1v) is 7.97. The molecule has 2 N–H and O–H groups in total. The molecular weight excluding hydrogens is 306 g/mol. The van der Waals surface area contributed by atoms with Crippen LogP contribution in [0.3, 0.4) is 0 Å². The van der Waals surface area contributed by atoms with Crippen LogP contribution in [0.2, 0.25) is 0 Å². The second-order valence-corrected chi connectivity index (χ2v) is 5.87. The summed E-state index contributed by atoms with van der Waals surface area (Å²) in [5, 5.41) is 12.0. The van der Waals surface area contributed by atoms with Crippen LogP contribution in [-0.2, 0) is 17.8 Å². The molecule has 1 unspecified atom stereocenters. The van der Waals surface area contributed by atoms with Gasteiger partial charge in [0.05, 0.1) is 11.6 Å². The molecule has 3 rings (SSSR count). The Kier molecular flexibility index (Phi) is 4.79. The first-order valence-electron chi connectivity index (χ1n) is 7.97. The van der Waals surface area contributed by atoms with Crippen LogP contribution in [0.15, 0.2) is 48.5 Å². The van der Waals surface area contributed by atoms with Gasteiger partial charge in [-0.25, -0.2) is 9.59 Å². The summed E-state index contributed by atoms with van der Waals surface area (Å²) in [6.45, 7) is 0.210. The fourth-order valence-corrected chi connectivity index (χ4v) is 2.99. The number of aryl methyl sites for hydroxylation is 1. The number of rotatable bonds is 4. The quantitative estimate of drug-likeness (QED) is 0.899. The number of benzene rings is 2. The van der Waals surface area contributed by atoms with Gasteiger partial charge in [0.25, 0.3) is 0 Å². The van der Waals surface area contributed by atoms with Crippen molar-refractivity contribution in [2.75, 3.05) is 0 Å². The summed E-state index contributed by atoms with van der Waals surface area (Å²) in [5.74, 6) is -0.964. The van der Waals surface area contributed by atoms with Crippen molar-refractivity contribution in [2.24, 2.45) is 0 Å². The Bertz CT molecular complexity index is 742. The summed E-state index contributed by atoms with van der Waals surface area (Å²) in [6, 6.07) is 14.4. The highest BCUT2D eigenvalue weighted by molar-refractivity contribution is 5.88. The lowest BCUT2D eigenvalue weighted by Gasteiger charge is -2.26. The normalized spacial score (nSPS) is 16.1. The molecular formula is C19H19NO4. The zero-order valence-corrected chi connectivity index (χ0v) is 13.2. The summed E-state index contributed by atoms with van der Waals surface area (Å²) in [7, 11) is 0. The standard InChI is InChI=1S/C19H19NO4/c21-18(22)15-10-9-14-7-4-8-17(16(14)11-15)20-19(23)24-12-13-5-2-1-3-6-13/h1-3,5-6,9-11,17H,4,7-8,12H2,(H,20,23)(H,21,22). The molecule has 0 fully saturated rings. The average molecular weight is 325 g/mol. The molecule has 2 aromatic carbocycles. The number of carbonyl (C=O) groups excluding carboxylic acids is 1. The minimum absolute atomic E-state index is 0.210. The molecule has 0 radical (unpaired) electrons. The van der Waals surface area contributed by atoms with E-state index in [4.69, 9.17) is 9.84 Å². The van der Waals surface area contributed by atoms with Crippen molar-refractivity contribution < 1.29 is 19.4 Å². The molecule has 5 heteroatoms. The van der Waals surface area contributed by atoms with Gasteiger partial charge < -0.3 is 15.2 Å². The van der Waals surface area contributed by atoms with E-state index < -0.39 is 12.1 Å². The second-order valence-electron chi connectivity index (χ2n) is 5.87. The highest BCUT2D eigenvalue weighted by Gasteiger charge is 2.23. The fourth-order valence-electron chi connectivity index (χ4n) is 2.99. The predicted molar refractivity (Wildman–Crippen MR) is 88.8 cm³/mol. The molecule has 5 nitrogen and oxygen atoms in total. The number of fused-ring (bicyclic) bond motifs is 1. The van der Waals surface area contributed by atoms with Crippen LogP contribution in [0.25, 0.3) is 0 Å². The van der Waals surface area contributed by atoms with E-state index in [0.717, 1.165) is 36.0 Å². The topological polar surface area (TPSA) is 75.6 Å². The molecule has 1 aliphatic carbocycles. The third-order valence-corrected chi connectivity index (χ3v) is 4.21. The molecule has 2 aromatic rings. The largest absolute Gasteiger partial charge is 0.478 e. The van der Waals surface area contributed by atoms with Crippen molar-refractivity contribution in [1.29, 1.82) is 0 Å². The maximum Gasteiger partial charge on any atom is 0.407 e.